The normalized spacial score (nSPS) is 25.7. The fourth-order valence-corrected chi connectivity index (χ4v) is 1.30. The molecule has 1 heterocycles. The Morgan fingerprint density at radius 2 is 2.00 bits per heavy atom. The molecule has 1 aliphatic rings. The third kappa shape index (κ3) is 1.65. The van der Waals surface area contributed by atoms with Crippen LogP contribution in [0.25, 0.3) is 0 Å². The first-order valence-electron chi connectivity index (χ1n) is 3.51. The van der Waals surface area contributed by atoms with Crippen molar-refractivity contribution in [3.8, 4) is 6.07 Å². The summed E-state index contributed by atoms with van der Waals surface area (Å²) in [5, 5.41) is 8.74. The van der Waals surface area contributed by atoms with Crippen LogP contribution in [0.5, 0.6) is 0 Å². The van der Waals surface area contributed by atoms with Crippen LogP contribution in [0.3, 0.4) is 0 Å². The summed E-state index contributed by atoms with van der Waals surface area (Å²) in [4.78, 5) is 0. The summed E-state index contributed by atoms with van der Waals surface area (Å²) in [5.74, 6) is 0. The number of nitriles is 1. The smallest absolute Gasteiger partial charge is 0.0687 e. The molecule has 1 fully saturated rings. The molecular weight excluding hydrogens is 144 g/mol. The molecule has 1 saturated heterocycles. The van der Waals surface area contributed by atoms with Gasteiger partial charge in [-0.3, -0.25) is 4.31 Å². The second-order valence-corrected chi connectivity index (χ2v) is 3.69. The van der Waals surface area contributed by atoms with E-state index in [9.17, 15) is 0 Å². The second kappa shape index (κ2) is 2.81. The minimum absolute atomic E-state index is 0.0841. The zero-order valence-corrected chi connectivity index (χ0v) is 7.06. The zero-order valence-electron chi connectivity index (χ0n) is 6.17. The van der Waals surface area contributed by atoms with Crippen molar-refractivity contribution >= 4 is 12.8 Å². The maximum Gasteiger partial charge on any atom is 0.0687 e. The number of thiol groups is 1. The van der Waals surface area contributed by atoms with Crippen molar-refractivity contribution in [2.75, 3.05) is 13.1 Å². The van der Waals surface area contributed by atoms with Crippen molar-refractivity contribution in [1.29, 1.82) is 5.26 Å². The Kier molecular flexibility index (Phi) is 2.22. The molecule has 10 heavy (non-hydrogen) atoms. The molecule has 0 atom stereocenters. The SMILES string of the molecule is CC1(C#N)CCN(S)CC1. The van der Waals surface area contributed by atoms with E-state index in [4.69, 9.17) is 5.26 Å². The fraction of sp³-hybridized carbons (Fsp3) is 0.857. The van der Waals surface area contributed by atoms with Gasteiger partial charge in [0.15, 0.2) is 0 Å². The molecule has 2 nitrogen and oxygen atoms in total. The summed E-state index contributed by atoms with van der Waals surface area (Å²) in [6, 6.07) is 2.34. The molecule has 0 aromatic carbocycles. The van der Waals surface area contributed by atoms with Crippen molar-refractivity contribution < 1.29 is 0 Å². The highest BCUT2D eigenvalue weighted by Gasteiger charge is 2.28. The van der Waals surface area contributed by atoms with Gasteiger partial charge in [-0.1, -0.05) is 12.8 Å². The van der Waals surface area contributed by atoms with E-state index in [2.05, 4.69) is 18.9 Å². The Bertz CT molecular complexity index is 153. The van der Waals surface area contributed by atoms with E-state index in [1.54, 1.807) is 0 Å². The van der Waals surface area contributed by atoms with Crippen LogP contribution in [-0.4, -0.2) is 17.4 Å². The van der Waals surface area contributed by atoms with E-state index in [1.165, 1.54) is 0 Å². The van der Waals surface area contributed by atoms with Gasteiger partial charge in [0.2, 0.25) is 0 Å². The maximum absolute atomic E-state index is 8.74. The Hall–Kier alpha value is -0.200. The third-order valence-corrected chi connectivity index (χ3v) is 2.51. The first kappa shape index (κ1) is 7.90. The van der Waals surface area contributed by atoms with Gasteiger partial charge in [-0.2, -0.15) is 5.26 Å². The highest BCUT2D eigenvalue weighted by molar-refractivity contribution is 7.77. The van der Waals surface area contributed by atoms with Gasteiger partial charge in [0.25, 0.3) is 0 Å². The molecule has 0 saturated carbocycles. The van der Waals surface area contributed by atoms with E-state index >= 15 is 0 Å². The fourth-order valence-electron chi connectivity index (χ4n) is 1.10. The molecule has 1 rings (SSSR count). The first-order chi connectivity index (χ1) is 4.66. The number of piperidine rings is 1. The van der Waals surface area contributed by atoms with Crippen molar-refractivity contribution in [3.63, 3.8) is 0 Å². The van der Waals surface area contributed by atoms with Crippen molar-refractivity contribution in [2.24, 2.45) is 5.41 Å². The minimum atomic E-state index is -0.0841. The summed E-state index contributed by atoms with van der Waals surface area (Å²) in [5.41, 5.74) is -0.0841. The van der Waals surface area contributed by atoms with Gasteiger partial charge in [0.1, 0.15) is 0 Å². The molecule has 3 heteroatoms. The van der Waals surface area contributed by atoms with E-state index < -0.39 is 0 Å². The molecule has 0 aromatic rings. The van der Waals surface area contributed by atoms with Crippen molar-refractivity contribution in [3.05, 3.63) is 0 Å². The predicted octanol–water partition coefficient (Wildman–Crippen LogP) is 1.46. The molecule has 1 aliphatic heterocycles. The lowest BCUT2D eigenvalue weighted by Crippen LogP contribution is -2.32. The average molecular weight is 156 g/mol. The largest absolute Gasteiger partial charge is 0.253 e. The third-order valence-electron chi connectivity index (χ3n) is 2.11. The van der Waals surface area contributed by atoms with Gasteiger partial charge in [-0.25, -0.2) is 0 Å². The predicted molar refractivity (Wildman–Crippen MR) is 43.5 cm³/mol. The van der Waals surface area contributed by atoms with Crippen molar-refractivity contribution in [1.82, 2.24) is 4.31 Å². The van der Waals surface area contributed by atoms with E-state index in [0.29, 0.717) is 0 Å². The number of rotatable bonds is 0. The molecule has 0 spiro atoms. The molecule has 0 amide bonds. The molecule has 0 aliphatic carbocycles. The van der Waals surface area contributed by atoms with Crippen LogP contribution in [0.4, 0.5) is 0 Å². The Labute approximate surface area is 67.4 Å². The minimum Gasteiger partial charge on any atom is -0.253 e. The van der Waals surface area contributed by atoms with Crippen LogP contribution in [-0.2, 0) is 0 Å². The summed E-state index contributed by atoms with van der Waals surface area (Å²) in [7, 11) is 0. The molecular formula is C7H12N2S. The highest BCUT2D eigenvalue weighted by Crippen LogP contribution is 2.29. The maximum atomic E-state index is 8.74. The van der Waals surface area contributed by atoms with Gasteiger partial charge in [0, 0.05) is 13.1 Å². The lowest BCUT2D eigenvalue weighted by Gasteiger charge is -2.31. The second-order valence-electron chi connectivity index (χ2n) is 3.13. The Balaban J connectivity index is 2.48. The Morgan fingerprint density at radius 1 is 1.50 bits per heavy atom. The van der Waals surface area contributed by atoms with Crippen molar-refractivity contribution in [2.45, 2.75) is 19.8 Å². The monoisotopic (exact) mass is 156 g/mol. The molecule has 0 radical (unpaired) electrons. The van der Waals surface area contributed by atoms with Gasteiger partial charge >= 0.3 is 0 Å². The van der Waals surface area contributed by atoms with Gasteiger partial charge in [-0.05, 0) is 19.8 Å². The van der Waals surface area contributed by atoms with Gasteiger partial charge in [-0.15, -0.1) is 0 Å². The van der Waals surface area contributed by atoms with E-state index in [1.807, 2.05) is 11.2 Å². The summed E-state index contributed by atoms with van der Waals surface area (Å²) in [6.07, 6.45) is 1.90. The summed E-state index contributed by atoms with van der Waals surface area (Å²) < 4.78 is 1.97. The van der Waals surface area contributed by atoms with Crippen LogP contribution in [0, 0.1) is 16.7 Å². The lowest BCUT2D eigenvalue weighted by atomic mass is 9.83. The van der Waals surface area contributed by atoms with Crippen LogP contribution in [0.1, 0.15) is 19.8 Å². The van der Waals surface area contributed by atoms with Crippen LogP contribution < -0.4 is 0 Å². The number of hydrogen-bond donors (Lipinski definition) is 1. The lowest BCUT2D eigenvalue weighted by molar-refractivity contribution is 0.247. The molecule has 0 unspecified atom stereocenters. The highest BCUT2D eigenvalue weighted by atomic mass is 32.1. The molecule has 0 N–H and O–H groups in total. The summed E-state index contributed by atoms with van der Waals surface area (Å²) in [6.45, 7) is 3.90. The topological polar surface area (TPSA) is 27.0 Å². The Morgan fingerprint density at radius 3 is 2.40 bits per heavy atom. The number of nitrogens with zero attached hydrogens (tertiary/aromatic N) is 2. The average Bonchev–Trinajstić information content (AvgIpc) is 1.96. The van der Waals surface area contributed by atoms with E-state index in [-0.39, 0.29) is 5.41 Å². The first-order valence-corrected chi connectivity index (χ1v) is 3.91. The quantitative estimate of drug-likeness (QED) is 0.537. The standard InChI is InChI=1S/C7H12N2S/c1-7(6-8)2-4-9(10)5-3-7/h10H,2-5H2,1H3. The zero-order chi connectivity index (χ0) is 7.61. The molecule has 56 valence electrons. The van der Waals surface area contributed by atoms with Crippen LogP contribution >= 0.6 is 12.8 Å². The number of hydrogen-bond acceptors (Lipinski definition) is 3. The van der Waals surface area contributed by atoms with Crippen LogP contribution in [0.2, 0.25) is 0 Å². The summed E-state index contributed by atoms with van der Waals surface area (Å²) >= 11 is 4.20. The van der Waals surface area contributed by atoms with Gasteiger partial charge in [0.05, 0.1) is 11.5 Å². The molecule has 0 aromatic heterocycles. The van der Waals surface area contributed by atoms with E-state index in [0.717, 1.165) is 25.9 Å². The van der Waals surface area contributed by atoms with Crippen LogP contribution in [0.15, 0.2) is 0 Å². The van der Waals surface area contributed by atoms with Gasteiger partial charge < -0.3 is 0 Å². The molecule has 0 bridgehead atoms.